The summed E-state index contributed by atoms with van der Waals surface area (Å²) in [6.07, 6.45) is 0. The number of nitrogens with zero attached hydrogens (tertiary/aromatic N) is 1. The molecule has 0 atom stereocenters. The second-order valence-corrected chi connectivity index (χ2v) is 4.67. The summed E-state index contributed by atoms with van der Waals surface area (Å²) in [5.74, 6) is 0.0945. The monoisotopic (exact) mass is 216 g/mol. The largest absolute Gasteiger partial charge is 0.383 e. The number of methoxy groups -OCH3 is 1. The number of amides is 1. The van der Waals surface area contributed by atoms with Gasteiger partial charge < -0.3 is 15.4 Å². The van der Waals surface area contributed by atoms with E-state index in [0.717, 1.165) is 0 Å². The zero-order valence-corrected chi connectivity index (χ0v) is 10.5. The third-order valence-corrected chi connectivity index (χ3v) is 2.51. The quantitative estimate of drug-likeness (QED) is 0.716. The Morgan fingerprint density at radius 2 is 2.00 bits per heavy atom. The van der Waals surface area contributed by atoms with Crippen molar-refractivity contribution in [2.75, 3.05) is 26.8 Å². The lowest BCUT2D eigenvalue weighted by Crippen LogP contribution is -2.48. The van der Waals surface area contributed by atoms with Crippen LogP contribution in [0.25, 0.3) is 0 Å². The van der Waals surface area contributed by atoms with Crippen LogP contribution in [0.4, 0.5) is 0 Å². The average Bonchev–Trinajstić information content (AvgIpc) is 2.17. The molecule has 0 aromatic carbocycles. The lowest BCUT2D eigenvalue weighted by Gasteiger charge is -2.33. The predicted octanol–water partition coefficient (Wildman–Crippen LogP) is 0.855. The van der Waals surface area contributed by atoms with E-state index in [-0.39, 0.29) is 11.9 Å². The highest BCUT2D eigenvalue weighted by atomic mass is 16.5. The topological polar surface area (TPSA) is 55.6 Å². The minimum atomic E-state index is -0.488. The summed E-state index contributed by atoms with van der Waals surface area (Å²) < 4.78 is 4.99. The van der Waals surface area contributed by atoms with Gasteiger partial charge in [-0.3, -0.25) is 4.79 Å². The van der Waals surface area contributed by atoms with Gasteiger partial charge in [-0.2, -0.15) is 0 Å². The molecule has 0 aromatic heterocycles. The highest BCUT2D eigenvalue weighted by Gasteiger charge is 2.31. The Bertz CT molecular complexity index is 203. The van der Waals surface area contributed by atoms with E-state index in [1.807, 2.05) is 32.6 Å². The van der Waals surface area contributed by atoms with Crippen LogP contribution in [0.3, 0.4) is 0 Å². The fraction of sp³-hybridized carbons (Fsp3) is 0.909. The standard InChI is InChI=1S/C11H24N2O2/c1-9(2)13(6-7-15-5)10(14)11(3,4)8-12/h9H,6-8,12H2,1-5H3. The normalized spacial score (nSPS) is 11.9. The number of rotatable bonds is 6. The van der Waals surface area contributed by atoms with Crippen molar-refractivity contribution < 1.29 is 9.53 Å². The molecule has 15 heavy (non-hydrogen) atoms. The Balaban J connectivity index is 4.55. The first-order valence-corrected chi connectivity index (χ1v) is 5.37. The van der Waals surface area contributed by atoms with Gasteiger partial charge in [0.05, 0.1) is 12.0 Å². The SMILES string of the molecule is COCCN(C(=O)C(C)(C)CN)C(C)C. The van der Waals surface area contributed by atoms with Gasteiger partial charge in [-0.1, -0.05) is 0 Å². The van der Waals surface area contributed by atoms with E-state index in [1.54, 1.807) is 7.11 Å². The van der Waals surface area contributed by atoms with Crippen LogP contribution in [-0.4, -0.2) is 43.7 Å². The Morgan fingerprint density at radius 1 is 1.47 bits per heavy atom. The van der Waals surface area contributed by atoms with Crippen LogP contribution >= 0.6 is 0 Å². The number of carbonyl (C=O) groups excluding carboxylic acids is 1. The number of hydrogen-bond acceptors (Lipinski definition) is 3. The maximum atomic E-state index is 12.1. The minimum Gasteiger partial charge on any atom is -0.383 e. The van der Waals surface area contributed by atoms with Crippen molar-refractivity contribution in [1.29, 1.82) is 0 Å². The summed E-state index contributed by atoms with van der Waals surface area (Å²) in [5.41, 5.74) is 5.11. The number of carbonyl (C=O) groups is 1. The van der Waals surface area contributed by atoms with Crippen molar-refractivity contribution in [2.24, 2.45) is 11.1 Å². The van der Waals surface area contributed by atoms with Crippen molar-refractivity contribution >= 4 is 5.91 Å². The molecule has 0 saturated carbocycles. The van der Waals surface area contributed by atoms with Gasteiger partial charge in [-0.15, -0.1) is 0 Å². The third-order valence-electron chi connectivity index (χ3n) is 2.51. The first kappa shape index (κ1) is 14.4. The van der Waals surface area contributed by atoms with Crippen molar-refractivity contribution in [3.05, 3.63) is 0 Å². The van der Waals surface area contributed by atoms with Crippen LogP contribution in [0.2, 0.25) is 0 Å². The molecule has 0 aliphatic rings. The first-order valence-electron chi connectivity index (χ1n) is 5.37. The molecule has 0 rings (SSSR count). The molecule has 0 saturated heterocycles. The zero-order valence-electron chi connectivity index (χ0n) is 10.5. The van der Waals surface area contributed by atoms with Gasteiger partial charge in [0.1, 0.15) is 0 Å². The van der Waals surface area contributed by atoms with Crippen molar-refractivity contribution in [3.8, 4) is 0 Å². The van der Waals surface area contributed by atoms with Crippen LogP contribution in [0.1, 0.15) is 27.7 Å². The molecule has 0 fully saturated rings. The van der Waals surface area contributed by atoms with E-state index >= 15 is 0 Å². The first-order chi connectivity index (χ1) is 6.86. The van der Waals surface area contributed by atoms with Crippen LogP contribution in [-0.2, 0) is 9.53 Å². The lowest BCUT2D eigenvalue weighted by molar-refractivity contribution is -0.142. The summed E-state index contributed by atoms with van der Waals surface area (Å²) in [6, 6.07) is 0.179. The maximum absolute atomic E-state index is 12.1. The van der Waals surface area contributed by atoms with Crippen LogP contribution in [0.15, 0.2) is 0 Å². The van der Waals surface area contributed by atoms with Gasteiger partial charge >= 0.3 is 0 Å². The number of nitrogens with two attached hydrogens (primary N) is 1. The smallest absolute Gasteiger partial charge is 0.229 e. The highest BCUT2D eigenvalue weighted by Crippen LogP contribution is 2.18. The van der Waals surface area contributed by atoms with Crippen molar-refractivity contribution in [1.82, 2.24) is 4.90 Å². The molecule has 0 aliphatic heterocycles. The summed E-state index contributed by atoms with van der Waals surface area (Å²) in [4.78, 5) is 13.9. The van der Waals surface area contributed by atoms with Gasteiger partial charge in [0.2, 0.25) is 5.91 Å². The third kappa shape index (κ3) is 4.18. The summed E-state index contributed by atoms with van der Waals surface area (Å²) in [7, 11) is 1.64. The summed E-state index contributed by atoms with van der Waals surface area (Å²) in [6.45, 7) is 9.29. The molecule has 2 N–H and O–H groups in total. The van der Waals surface area contributed by atoms with Crippen LogP contribution < -0.4 is 5.73 Å². The molecule has 0 unspecified atom stereocenters. The fourth-order valence-electron chi connectivity index (χ4n) is 1.26. The predicted molar refractivity (Wildman–Crippen MR) is 61.6 cm³/mol. The molecule has 0 aliphatic carbocycles. The molecule has 90 valence electrons. The van der Waals surface area contributed by atoms with E-state index in [4.69, 9.17) is 10.5 Å². The van der Waals surface area contributed by atoms with E-state index in [9.17, 15) is 4.79 Å². The van der Waals surface area contributed by atoms with Gasteiger partial charge in [-0.05, 0) is 27.7 Å². The zero-order chi connectivity index (χ0) is 12.1. The molecule has 4 nitrogen and oxygen atoms in total. The highest BCUT2D eigenvalue weighted by molar-refractivity contribution is 5.82. The Morgan fingerprint density at radius 3 is 2.33 bits per heavy atom. The molecular formula is C11H24N2O2. The number of hydrogen-bond donors (Lipinski definition) is 1. The fourth-order valence-corrected chi connectivity index (χ4v) is 1.26. The molecule has 0 radical (unpaired) electrons. The van der Waals surface area contributed by atoms with Crippen molar-refractivity contribution in [3.63, 3.8) is 0 Å². The average molecular weight is 216 g/mol. The van der Waals surface area contributed by atoms with E-state index in [0.29, 0.717) is 19.7 Å². The minimum absolute atomic E-state index is 0.0945. The van der Waals surface area contributed by atoms with Crippen LogP contribution in [0.5, 0.6) is 0 Å². The molecule has 4 heteroatoms. The van der Waals surface area contributed by atoms with Gasteiger partial charge in [0, 0.05) is 26.2 Å². The van der Waals surface area contributed by atoms with Gasteiger partial charge in [0.15, 0.2) is 0 Å². The molecule has 0 bridgehead atoms. The molecule has 1 amide bonds. The summed E-state index contributed by atoms with van der Waals surface area (Å²) >= 11 is 0. The lowest BCUT2D eigenvalue weighted by atomic mass is 9.91. The Kier molecular flexibility index (Phi) is 5.83. The van der Waals surface area contributed by atoms with Gasteiger partial charge in [0.25, 0.3) is 0 Å². The van der Waals surface area contributed by atoms with E-state index < -0.39 is 5.41 Å². The maximum Gasteiger partial charge on any atom is 0.229 e. The van der Waals surface area contributed by atoms with E-state index in [2.05, 4.69) is 0 Å². The van der Waals surface area contributed by atoms with Gasteiger partial charge in [-0.25, -0.2) is 0 Å². The Labute approximate surface area is 92.8 Å². The second-order valence-electron chi connectivity index (χ2n) is 4.67. The Hall–Kier alpha value is -0.610. The molecule has 0 aromatic rings. The van der Waals surface area contributed by atoms with E-state index in [1.165, 1.54) is 0 Å². The second kappa shape index (κ2) is 6.08. The number of ether oxygens (including phenoxy) is 1. The summed E-state index contributed by atoms with van der Waals surface area (Å²) in [5, 5.41) is 0. The molecular weight excluding hydrogens is 192 g/mol. The van der Waals surface area contributed by atoms with Crippen molar-refractivity contribution in [2.45, 2.75) is 33.7 Å². The molecule has 0 heterocycles. The molecule has 0 spiro atoms. The van der Waals surface area contributed by atoms with Crippen LogP contribution in [0, 0.1) is 5.41 Å².